The van der Waals surface area contributed by atoms with Gasteiger partial charge in [-0.3, -0.25) is 4.31 Å². The van der Waals surface area contributed by atoms with E-state index in [2.05, 4.69) is 0 Å². The third-order valence-corrected chi connectivity index (χ3v) is 7.67. The van der Waals surface area contributed by atoms with Crippen molar-refractivity contribution in [2.24, 2.45) is 0 Å². The molecule has 0 N–H and O–H groups in total. The summed E-state index contributed by atoms with van der Waals surface area (Å²) < 4.78 is 34.2. The minimum atomic E-state index is -3.87. The van der Waals surface area contributed by atoms with E-state index in [1.807, 2.05) is 44.1 Å². The summed E-state index contributed by atoms with van der Waals surface area (Å²) >= 11 is 5.96. The quantitative estimate of drug-likeness (QED) is 0.574. The normalized spacial score (nSPS) is 16.0. The van der Waals surface area contributed by atoms with Gasteiger partial charge in [-0.15, -0.1) is 0 Å². The van der Waals surface area contributed by atoms with E-state index in [4.69, 9.17) is 16.3 Å². The molecule has 7 nitrogen and oxygen atoms in total. The van der Waals surface area contributed by atoms with Crippen LogP contribution in [-0.4, -0.2) is 70.7 Å². The fourth-order valence-corrected chi connectivity index (χ4v) is 5.56. The smallest absolute Gasteiger partial charge is 0.409 e. The summed E-state index contributed by atoms with van der Waals surface area (Å²) in [7, 11) is 0.0118. The zero-order chi connectivity index (χ0) is 23.3. The summed E-state index contributed by atoms with van der Waals surface area (Å²) in [6.07, 6.45) is 0.835. The van der Waals surface area contributed by atoms with Gasteiger partial charge in [0, 0.05) is 24.7 Å². The number of rotatable bonds is 8. The molecule has 32 heavy (non-hydrogen) atoms. The Labute approximate surface area is 195 Å². The molecule has 0 radical (unpaired) electrons. The van der Waals surface area contributed by atoms with Gasteiger partial charge in [-0.1, -0.05) is 29.8 Å². The monoisotopic (exact) mass is 479 g/mol. The summed E-state index contributed by atoms with van der Waals surface area (Å²) in [6.45, 7) is 3.66. The second-order valence-corrected chi connectivity index (χ2v) is 10.3. The number of aryl methyl sites for hydroxylation is 1. The van der Waals surface area contributed by atoms with Crippen LogP contribution in [0.1, 0.15) is 18.9 Å². The van der Waals surface area contributed by atoms with Gasteiger partial charge in [0.2, 0.25) is 0 Å². The molecule has 1 amide bonds. The Kier molecular flexibility index (Phi) is 8.03. The predicted molar refractivity (Wildman–Crippen MR) is 127 cm³/mol. The number of sulfonamides is 1. The van der Waals surface area contributed by atoms with Crippen LogP contribution < -0.4 is 4.31 Å². The summed E-state index contributed by atoms with van der Waals surface area (Å²) in [4.78, 5) is 16.4. The lowest BCUT2D eigenvalue weighted by molar-refractivity contribution is 0.0954. The van der Waals surface area contributed by atoms with Crippen molar-refractivity contribution in [1.82, 2.24) is 9.80 Å². The zero-order valence-electron chi connectivity index (χ0n) is 18.7. The Morgan fingerprint density at radius 2 is 1.81 bits per heavy atom. The van der Waals surface area contributed by atoms with Crippen LogP contribution in [0.15, 0.2) is 53.4 Å². The molecule has 1 atom stereocenters. The maximum absolute atomic E-state index is 13.6. The highest BCUT2D eigenvalue weighted by molar-refractivity contribution is 7.92. The molecule has 0 bridgehead atoms. The number of halogens is 1. The molecule has 1 aliphatic heterocycles. The van der Waals surface area contributed by atoms with Gasteiger partial charge in [0.05, 0.1) is 16.6 Å². The maximum atomic E-state index is 13.6. The van der Waals surface area contributed by atoms with Gasteiger partial charge in [-0.25, -0.2) is 13.2 Å². The van der Waals surface area contributed by atoms with Crippen molar-refractivity contribution in [2.45, 2.75) is 30.7 Å². The third kappa shape index (κ3) is 5.54. The van der Waals surface area contributed by atoms with Gasteiger partial charge in [0.25, 0.3) is 10.0 Å². The van der Waals surface area contributed by atoms with Gasteiger partial charge in [0.15, 0.2) is 0 Å². The molecule has 0 fully saturated rings. The molecule has 0 saturated carbocycles. The molecule has 0 aromatic heterocycles. The topological polar surface area (TPSA) is 70.2 Å². The molecular weight excluding hydrogens is 450 g/mol. The van der Waals surface area contributed by atoms with Crippen molar-refractivity contribution in [3.8, 4) is 0 Å². The second-order valence-electron chi connectivity index (χ2n) is 8.04. The molecule has 0 spiro atoms. The maximum Gasteiger partial charge on any atom is 0.409 e. The molecular formula is C23H30ClN3O4S. The van der Waals surface area contributed by atoms with Gasteiger partial charge in [-0.2, -0.15) is 0 Å². The van der Waals surface area contributed by atoms with Crippen molar-refractivity contribution >= 4 is 33.4 Å². The molecule has 2 aromatic rings. The van der Waals surface area contributed by atoms with E-state index in [1.165, 1.54) is 16.4 Å². The fourth-order valence-electron chi connectivity index (χ4n) is 3.73. The number of fused-ring (bicyclic) bond motifs is 1. The lowest BCUT2D eigenvalue weighted by atomic mass is 9.98. The van der Waals surface area contributed by atoms with E-state index in [0.29, 0.717) is 36.6 Å². The van der Waals surface area contributed by atoms with Crippen LogP contribution in [0.25, 0.3) is 0 Å². The zero-order valence-corrected chi connectivity index (χ0v) is 20.3. The Balaban J connectivity index is 1.85. The van der Waals surface area contributed by atoms with Gasteiger partial charge < -0.3 is 14.5 Å². The highest BCUT2D eigenvalue weighted by Gasteiger charge is 2.37. The third-order valence-electron chi connectivity index (χ3n) is 5.53. The number of carbonyl (C=O) groups excluding carboxylic acids is 1. The first-order chi connectivity index (χ1) is 15.2. The lowest BCUT2D eigenvalue weighted by Gasteiger charge is -2.37. The SMILES string of the molecule is CCN(CCN(C)C)C(=O)OCC1CCc2ccccc2N1S(=O)(=O)c1ccc(Cl)cc1. The highest BCUT2D eigenvalue weighted by Crippen LogP contribution is 2.35. The summed E-state index contributed by atoms with van der Waals surface area (Å²) in [5, 5.41) is 0.464. The molecule has 0 saturated heterocycles. The minimum absolute atomic E-state index is 0.0154. The average molecular weight is 480 g/mol. The van der Waals surface area contributed by atoms with Gasteiger partial charge in [-0.05, 0) is 69.8 Å². The highest BCUT2D eigenvalue weighted by atomic mass is 35.5. The first-order valence-electron chi connectivity index (χ1n) is 10.7. The molecule has 9 heteroatoms. The molecule has 3 rings (SSSR count). The van der Waals surface area contributed by atoms with Crippen molar-refractivity contribution in [3.05, 3.63) is 59.1 Å². The number of ether oxygens (including phenoxy) is 1. The first-order valence-corrected chi connectivity index (χ1v) is 12.5. The van der Waals surface area contributed by atoms with Crippen LogP contribution in [0.3, 0.4) is 0 Å². The fraction of sp³-hybridized carbons (Fsp3) is 0.435. The van der Waals surface area contributed by atoms with Gasteiger partial charge in [0.1, 0.15) is 6.61 Å². The largest absolute Gasteiger partial charge is 0.447 e. The number of para-hydroxylation sites is 1. The van der Waals surface area contributed by atoms with Crippen LogP contribution in [0, 0.1) is 0 Å². The summed E-state index contributed by atoms with van der Waals surface area (Å²) in [6, 6.07) is 13.1. The van der Waals surface area contributed by atoms with Crippen molar-refractivity contribution in [3.63, 3.8) is 0 Å². The molecule has 0 aliphatic carbocycles. The van der Waals surface area contributed by atoms with Crippen LogP contribution >= 0.6 is 11.6 Å². The number of benzene rings is 2. The average Bonchev–Trinajstić information content (AvgIpc) is 2.77. The molecule has 2 aromatic carbocycles. The molecule has 1 aliphatic rings. The Morgan fingerprint density at radius 3 is 2.47 bits per heavy atom. The van der Waals surface area contributed by atoms with Crippen molar-refractivity contribution < 1.29 is 17.9 Å². The number of likely N-dealkylation sites (N-methyl/N-ethyl adjacent to an activating group) is 2. The second kappa shape index (κ2) is 10.6. The van der Waals surface area contributed by atoms with E-state index in [9.17, 15) is 13.2 Å². The van der Waals surface area contributed by atoms with E-state index < -0.39 is 22.2 Å². The summed E-state index contributed by atoms with van der Waals surface area (Å²) in [5.74, 6) is 0. The van der Waals surface area contributed by atoms with Gasteiger partial charge >= 0.3 is 6.09 Å². The standard InChI is InChI=1S/C23H30ClN3O4S/c1-4-26(16-15-25(2)3)23(28)31-17-20-12-9-18-7-5-6-8-22(18)27(20)32(29,30)21-13-10-19(24)11-14-21/h5-8,10-11,13-14,20H,4,9,12,15-17H2,1-3H3. The van der Waals surface area contributed by atoms with E-state index in [-0.39, 0.29) is 11.5 Å². The number of nitrogens with zero attached hydrogens (tertiary/aromatic N) is 3. The molecule has 1 heterocycles. The van der Waals surface area contributed by atoms with E-state index in [1.54, 1.807) is 23.1 Å². The number of amides is 1. The van der Waals surface area contributed by atoms with E-state index >= 15 is 0 Å². The number of carbonyl (C=O) groups is 1. The Morgan fingerprint density at radius 1 is 1.12 bits per heavy atom. The van der Waals surface area contributed by atoms with E-state index in [0.717, 1.165) is 12.1 Å². The Bertz CT molecular complexity index is 1030. The van der Waals surface area contributed by atoms with Crippen LogP contribution in [0.5, 0.6) is 0 Å². The molecule has 1 unspecified atom stereocenters. The van der Waals surface area contributed by atoms with Crippen molar-refractivity contribution in [2.75, 3.05) is 44.6 Å². The van der Waals surface area contributed by atoms with Crippen LogP contribution in [0.4, 0.5) is 10.5 Å². The number of hydrogen-bond acceptors (Lipinski definition) is 5. The first kappa shape index (κ1) is 24.4. The summed E-state index contributed by atoms with van der Waals surface area (Å²) in [5.41, 5.74) is 1.57. The molecule has 174 valence electrons. The minimum Gasteiger partial charge on any atom is -0.447 e. The van der Waals surface area contributed by atoms with Crippen LogP contribution in [0.2, 0.25) is 5.02 Å². The lowest BCUT2D eigenvalue weighted by Crippen LogP contribution is -2.47. The van der Waals surface area contributed by atoms with Crippen molar-refractivity contribution in [1.29, 1.82) is 0 Å². The number of anilines is 1. The predicted octanol–water partition coefficient (Wildman–Crippen LogP) is 3.87. The number of hydrogen-bond donors (Lipinski definition) is 0. The van der Waals surface area contributed by atoms with Crippen LogP contribution in [-0.2, 0) is 21.2 Å². The Hall–Kier alpha value is -2.29.